The summed E-state index contributed by atoms with van der Waals surface area (Å²) in [5.74, 6) is 1.70. The number of ether oxygens (including phenoxy) is 1. The van der Waals surface area contributed by atoms with Gasteiger partial charge in [0.2, 0.25) is 0 Å². The lowest BCUT2D eigenvalue weighted by molar-refractivity contribution is 0.464. The summed E-state index contributed by atoms with van der Waals surface area (Å²) < 4.78 is 6.12. The van der Waals surface area contributed by atoms with Crippen molar-refractivity contribution in [3.05, 3.63) is 52.3 Å². The Labute approximate surface area is 131 Å². The van der Waals surface area contributed by atoms with E-state index in [9.17, 15) is 0 Å². The predicted octanol–water partition coefficient (Wildman–Crippen LogP) is 4.64. The van der Waals surface area contributed by atoms with E-state index >= 15 is 0 Å². The van der Waals surface area contributed by atoms with E-state index in [4.69, 9.17) is 16.3 Å². The number of nitrogens with one attached hydrogen (secondary N) is 1. The molecule has 2 aromatic rings. The molecule has 3 nitrogen and oxygen atoms in total. The van der Waals surface area contributed by atoms with E-state index in [0.717, 1.165) is 52.7 Å². The number of rotatable bonds is 6. The van der Waals surface area contributed by atoms with E-state index in [1.54, 1.807) is 6.20 Å². The second-order valence-corrected chi connectivity index (χ2v) is 5.57. The van der Waals surface area contributed by atoms with E-state index in [2.05, 4.69) is 17.2 Å². The monoisotopic (exact) mass is 304 g/mol. The van der Waals surface area contributed by atoms with Crippen molar-refractivity contribution < 1.29 is 4.74 Å². The molecule has 0 radical (unpaired) electrons. The highest BCUT2D eigenvalue weighted by Crippen LogP contribution is 2.32. The van der Waals surface area contributed by atoms with Gasteiger partial charge in [0.1, 0.15) is 11.5 Å². The third-order valence-corrected chi connectivity index (χ3v) is 3.46. The molecule has 0 saturated heterocycles. The van der Waals surface area contributed by atoms with Crippen LogP contribution in [0.3, 0.4) is 0 Å². The van der Waals surface area contributed by atoms with Gasteiger partial charge in [-0.25, -0.2) is 0 Å². The third-order valence-electron chi connectivity index (χ3n) is 3.24. The minimum atomic E-state index is 0.733. The Morgan fingerprint density at radius 1 is 1.24 bits per heavy atom. The van der Waals surface area contributed by atoms with E-state index in [1.807, 2.05) is 38.2 Å². The fourth-order valence-electron chi connectivity index (χ4n) is 2.21. The van der Waals surface area contributed by atoms with E-state index in [0.29, 0.717) is 0 Å². The summed E-state index contributed by atoms with van der Waals surface area (Å²) in [7, 11) is 0. The van der Waals surface area contributed by atoms with Gasteiger partial charge in [-0.2, -0.15) is 0 Å². The van der Waals surface area contributed by atoms with E-state index in [1.165, 1.54) is 0 Å². The van der Waals surface area contributed by atoms with Gasteiger partial charge in [-0.15, -0.1) is 0 Å². The first kappa shape index (κ1) is 15.8. The van der Waals surface area contributed by atoms with Crippen molar-refractivity contribution in [1.82, 2.24) is 10.3 Å². The Kier molecular flexibility index (Phi) is 5.59. The van der Waals surface area contributed by atoms with Gasteiger partial charge in [-0.05, 0) is 56.1 Å². The summed E-state index contributed by atoms with van der Waals surface area (Å²) >= 11 is 6.07. The van der Waals surface area contributed by atoms with Crippen LogP contribution in [0.4, 0.5) is 0 Å². The van der Waals surface area contributed by atoms with Crippen LogP contribution < -0.4 is 10.1 Å². The highest BCUT2D eigenvalue weighted by Gasteiger charge is 2.10. The molecule has 0 saturated carbocycles. The number of aromatic nitrogens is 1. The number of pyridine rings is 1. The molecule has 112 valence electrons. The summed E-state index contributed by atoms with van der Waals surface area (Å²) in [4.78, 5) is 4.18. The normalized spacial score (nSPS) is 10.7. The van der Waals surface area contributed by atoms with Gasteiger partial charge in [-0.1, -0.05) is 18.5 Å². The van der Waals surface area contributed by atoms with Crippen LogP contribution in [0.5, 0.6) is 11.5 Å². The largest absolute Gasteiger partial charge is 0.456 e. The molecule has 1 aromatic carbocycles. The minimum absolute atomic E-state index is 0.733. The van der Waals surface area contributed by atoms with Crippen molar-refractivity contribution in [1.29, 1.82) is 0 Å². The molecule has 0 aliphatic rings. The molecule has 1 N–H and O–H groups in total. The molecular weight excluding hydrogens is 284 g/mol. The highest BCUT2D eigenvalue weighted by atomic mass is 35.5. The Balaban J connectivity index is 2.23. The second kappa shape index (κ2) is 7.43. The van der Waals surface area contributed by atoms with Gasteiger partial charge in [0.15, 0.2) is 0 Å². The van der Waals surface area contributed by atoms with Gasteiger partial charge in [0, 0.05) is 29.5 Å². The summed E-state index contributed by atoms with van der Waals surface area (Å²) in [6.07, 6.45) is 4.70. The molecule has 2 rings (SSSR count). The first-order valence-corrected chi connectivity index (χ1v) is 7.57. The standard InChI is InChI=1S/C17H21ClN2O/c1-4-6-19-10-14-11-20-7-5-16(14)21-17-12(2)8-15(18)9-13(17)3/h5,7-9,11,19H,4,6,10H2,1-3H3. The number of benzene rings is 1. The Morgan fingerprint density at radius 2 is 1.95 bits per heavy atom. The molecule has 0 fully saturated rings. The van der Waals surface area contributed by atoms with Gasteiger partial charge in [0.25, 0.3) is 0 Å². The smallest absolute Gasteiger partial charge is 0.135 e. The highest BCUT2D eigenvalue weighted by molar-refractivity contribution is 6.30. The molecule has 0 amide bonds. The average molecular weight is 305 g/mol. The van der Waals surface area contributed by atoms with Crippen LogP contribution in [-0.4, -0.2) is 11.5 Å². The average Bonchev–Trinajstić information content (AvgIpc) is 2.44. The molecule has 0 unspecified atom stereocenters. The summed E-state index contributed by atoms with van der Waals surface area (Å²) in [5.41, 5.74) is 3.12. The molecule has 1 aromatic heterocycles. The molecule has 0 aliphatic carbocycles. The van der Waals surface area contributed by atoms with Crippen molar-refractivity contribution in [3.63, 3.8) is 0 Å². The van der Waals surface area contributed by atoms with Crippen LogP contribution in [0, 0.1) is 13.8 Å². The van der Waals surface area contributed by atoms with E-state index in [-0.39, 0.29) is 0 Å². The molecule has 1 heterocycles. The van der Waals surface area contributed by atoms with Crippen LogP contribution in [0.2, 0.25) is 5.02 Å². The van der Waals surface area contributed by atoms with Crippen LogP contribution >= 0.6 is 11.6 Å². The molecule has 4 heteroatoms. The quantitative estimate of drug-likeness (QED) is 0.789. The van der Waals surface area contributed by atoms with Crippen LogP contribution in [0.25, 0.3) is 0 Å². The molecule has 21 heavy (non-hydrogen) atoms. The maximum atomic E-state index is 6.12. The number of hydrogen-bond acceptors (Lipinski definition) is 3. The fraction of sp³-hybridized carbons (Fsp3) is 0.353. The number of hydrogen-bond donors (Lipinski definition) is 1. The summed E-state index contributed by atoms with van der Waals surface area (Å²) in [5, 5.41) is 4.11. The molecule has 0 bridgehead atoms. The van der Waals surface area contributed by atoms with Crippen LogP contribution in [0.1, 0.15) is 30.0 Å². The van der Waals surface area contributed by atoms with Gasteiger partial charge in [-0.3, -0.25) is 4.98 Å². The Bertz CT molecular complexity index is 590. The fourth-order valence-corrected chi connectivity index (χ4v) is 2.54. The first-order valence-electron chi connectivity index (χ1n) is 7.20. The maximum absolute atomic E-state index is 6.12. The van der Waals surface area contributed by atoms with Gasteiger partial charge >= 0.3 is 0 Å². The SMILES string of the molecule is CCCNCc1cnccc1Oc1c(C)cc(Cl)cc1C. The molecule has 0 spiro atoms. The van der Waals surface area contributed by atoms with Crippen molar-refractivity contribution in [2.24, 2.45) is 0 Å². The van der Waals surface area contributed by atoms with Gasteiger partial charge in [0.05, 0.1) is 0 Å². The second-order valence-electron chi connectivity index (χ2n) is 5.13. The van der Waals surface area contributed by atoms with Gasteiger partial charge < -0.3 is 10.1 Å². The van der Waals surface area contributed by atoms with Crippen LogP contribution in [-0.2, 0) is 6.54 Å². The zero-order valence-corrected chi connectivity index (χ0v) is 13.5. The minimum Gasteiger partial charge on any atom is -0.456 e. The summed E-state index contributed by atoms with van der Waals surface area (Å²) in [6.45, 7) is 7.89. The zero-order valence-electron chi connectivity index (χ0n) is 12.7. The van der Waals surface area contributed by atoms with Crippen molar-refractivity contribution in [3.8, 4) is 11.5 Å². The van der Waals surface area contributed by atoms with E-state index < -0.39 is 0 Å². The first-order chi connectivity index (χ1) is 10.1. The number of nitrogens with zero attached hydrogens (tertiary/aromatic N) is 1. The van der Waals surface area contributed by atoms with Crippen molar-refractivity contribution >= 4 is 11.6 Å². The van der Waals surface area contributed by atoms with Crippen molar-refractivity contribution in [2.45, 2.75) is 33.7 Å². The lowest BCUT2D eigenvalue weighted by Crippen LogP contribution is -2.14. The lowest BCUT2D eigenvalue weighted by atomic mass is 10.1. The molecule has 0 aliphatic heterocycles. The molecular formula is C17H21ClN2O. The Morgan fingerprint density at radius 3 is 2.62 bits per heavy atom. The summed E-state index contributed by atoms with van der Waals surface area (Å²) in [6, 6.07) is 5.73. The topological polar surface area (TPSA) is 34.2 Å². The number of aryl methyl sites for hydroxylation is 2. The maximum Gasteiger partial charge on any atom is 0.135 e. The molecule has 0 atom stereocenters. The zero-order chi connectivity index (χ0) is 15.2. The third kappa shape index (κ3) is 4.19. The predicted molar refractivity (Wildman–Crippen MR) is 87.2 cm³/mol. The van der Waals surface area contributed by atoms with Crippen molar-refractivity contribution in [2.75, 3.05) is 6.54 Å². The van der Waals surface area contributed by atoms with Crippen LogP contribution in [0.15, 0.2) is 30.6 Å². The Hall–Kier alpha value is -1.58. The number of halogens is 1. The lowest BCUT2D eigenvalue weighted by Gasteiger charge is -2.15.